The molecule has 0 N–H and O–H groups in total. The normalized spacial score (nSPS) is 16.0. The molecule has 19 heavy (non-hydrogen) atoms. The summed E-state index contributed by atoms with van der Waals surface area (Å²) >= 11 is 0. The Morgan fingerprint density at radius 3 is 2.63 bits per heavy atom. The Morgan fingerprint density at radius 1 is 1.21 bits per heavy atom. The van der Waals surface area contributed by atoms with Gasteiger partial charge in [-0.05, 0) is 12.8 Å². The summed E-state index contributed by atoms with van der Waals surface area (Å²) in [5.41, 5.74) is 0.319. The third-order valence-corrected chi connectivity index (χ3v) is 3.02. The summed E-state index contributed by atoms with van der Waals surface area (Å²) in [5, 5.41) is 0. The Morgan fingerprint density at radius 2 is 1.95 bits per heavy atom. The molecule has 0 aliphatic heterocycles. The topological polar surface area (TPSA) is 44.8 Å². The molecule has 0 saturated heterocycles. The van der Waals surface area contributed by atoms with Crippen molar-refractivity contribution >= 4 is 5.97 Å². The highest BCUT2D eigenvalue weighted by molar-refractivity contribution is 5.87. The number of esters is 1. The van der Waals surface area contributed by atoms with Gasteiger partial charge in [0, 0.05) is 0 Å². The van der Waals surface area contributed by atoms with E-state index in [4.69, 9.17) is 14.2 Å². The number of carbonyl (C=O) groups excluding carboxylic acids is 1. The Balaban J connectivity index is 2.02. The molecule has 1 aliphatic rings. The summed E-state index contributed by atoms with van der Waals surface area (Å²) in [7, 11) is 0. The van der Waals surface area contributed by atoms with Gasteiger partial charge in [-0.3, -0.25) is 0 Å². The fourth-order valence-corrected chi connectivity index (χ4v) is 2.01. The minimum atomic E-state index is -0.420. The average Bonchev–Trinajstić information content (AvgIpc) is 2.44. The summed E-state index contributed by atoms with van der Waals surface area (Å²) in [6, 6.07) is 0. The number of ether oxygens (including phenoxy) is 3. The predicted molar refractivity (Wildman–Crippen MR) is 73.9 cm³/mol. The van der Waals surface area contributed by atoms with Crippen LogP contribution in [0.15, 0.2) is 24.8 Å². The van der Waals surface area contributed by atoms with Crippen molar-refractivity contribution in [3.8, 4) is 0 Å². The van der Waals surface area contributed by atoms with Gasteiger partial charge in [0.1, 0.15) is 6.61 Å². The summed E-state index contributed by atoms with van der Waals surface area (Å²) in [6.07, 6.45) is 7.98. The van der Waals surface area contributed by atoms with Crippen LogP contribution >= 0.6 is 0 Å². The van der Waals surface area contributed by atoms with E-state index in [2.05, 4.69) is 13.2 Å². The second-order valence-corrected chi connectivity index (χ2v) is 4.67. The zero-order chi connectivity index (χ0) is 13.9. The molecule has 0 aromatic rings. The third-order valence-electron chi connectivity index (χ3n) is 3.02. The van der Waals surface area contributed by atoms with Crippen molar-refractivity contribution in [1.29, 1.82) is 0 Å². The molecule has 1 rings (SSSR count). The van der Waals surface area contributed by atoms with E-state index in [9.17, 15) is 4.79 Å². The maximum atomic E-state index is 11.5. The Labute approximate surface area is 115 Å². The van der Waals surface area contributed by atoms with Crippen LogP contribution in [0.5, 0.6) is 0 Å². The van der Waals surface area contributed by atoms with Gasteiger partial charge in [-0.2, -0.15) is 0 Å². The summed E-state index contributed by atoms with van der Waals surface area (Å²) in [4.78, 5) is 11.5. The van der Waals surface area contributed by atoms with Crippen LogP contribution in [0.2, 0.25) is 0 Å². The maximum absolute atomic E-state index is 11.5. The second-order valence-electron chi connectivity index (χ2n) is 4.67. The summed E-state index contributed by atoms with van der Waals surface area (Å²) < 4.78 is 15.8. The first kappa shape index (κ1) is 15.9. The molecule has 0 unspecified atom stereocenters. The Hall–Kier alpha value is -1.13. The first-order valence-electron chi connectivity index (χ1n) is 6.89. The molecule has 0 spiro atoms. The lowest BCUT2D eigenvalue weighted by Gasteiger charge is -2.21. The van der Waals surface area contributed by atoms with Crippen LogP contribution in [0.1, 0.15) is 32.1 Å². The first-order chi connectivity index (χ1) is 9.24. The van der Waals surface area contributed by atoms with E-state index in [1.165, 1.54) is 19.3 Å². The molecule has 1 saturated carbocycles. The Kier molecular flexibility index (Phi) is 8.18. The van der Waals surface area contributed by atoms with Gasteiger partial charge in [0.05, 0.1) is 31.5 Å². The van der Waals surface area contributed by atoms with Crippen molar-refractivity contribution in [3.05, 3.63) is 24.8 Å². The highest BCUT2D eigenvalue weighted by Gasteiger charge is 2.14. The predicted octanol–water partition coefficient (Wildman–Crippen LogP) is 2.64. The van der Waals surface area contributed by atoms with E-state index in [1.54, 1.807) is 6.08 Å². The number of rotatable bonds is 9. The lowest BCUT2D eigenvalue weighted by atomic mass is 9.98. The van der Waals surface area contributed by atoms with Gasteiger partial charge in [0.25, 0.3) is 0 Å². The van der Waals surface area contributed by atoms with Gasteiger partial charge in [0.2, 0.25) is 0 Å². The minimum Gasteiger partial charge on any atom is -0.460 e. The lowest BCUT2D eigenvalue weighted by molar-refractivity contribution is -0.142. The van der Waals surface area contributed by atoms with Crippen molar-refractivity contribution in [1.82, 2.24) is 0 Å². The molecule has 4 heteroatoms. The molecule has 0 amide bonds. The zero-order valence-electron chi connectivity index (χ0n) is 11.6. The molecule has 0 heterocycles. The van der Waals surface area contributed by atoms with E-state index in [0.29, 0.717) is 24.9 Å². The van der Waals surface area contributed by atoms with Gasteiger partial charge in [-0.1, -0.05) is 31.9 Å². The molecule has 0 atom stereocenters. The molecule has 0 aromatic carbocycles. The average molecular weight is 268 g/mol. The Bertz CT molecular complexity index is 293. The third kappa shape index (κ3) is 7.13. The monoisotopic (exact) mass is 268 g/mol. The number of carbonyl (C=O) groups is 1. The molecular weight excluding hydrogens is 244 g/mol. The lowest BCUT2D eigenvalue weighted by Crippen LogP contribution is -2.21. The zero-order valence-corrected chi connectivity index (χ0v) is 11.6. The van der Waals surface area contributed by atoms with E-state index >= 15 is 0 Å². The van der Waals surface area contributed by atoms with Crippen LogP contribution in [0, 0.1) is 0 Å². The molecule has 4 nitrogen and oxygen atoms in total. The first-order valence-corrected chi connectivity index (χ1v) is 6.89. The SMILES string of the molecule is C=CCOCC(=C)C(=O)OCCOC1CCCCC1. The number of hydrogen-bond donors (Lipinski definition) is 0. The van der Waals surface area contributed by atoms with Gasteiger partial charge < -0.3 is 14.2 Å². The summed E-state index contributed by atoms with van der Waals surface area (Å²) in [5.74, 6) is -0.420. The van der Waals surface area contributed by atoms with Gasteiger partial charge in [0.15, 0.2) is 0 Å². The van der Waals surface area contributed by atoms with Gasteiger partial charge in [-0.15, -0.1) is 6.58 Å². The van der Waals surface area contributed by atoms with Gasteiger partial charge >= 0.3 is 5.97 Å². The smallest absolute Gasteiger partial charge is 0.335 e. The van der Waals surface area contributed by atoms with E-state index < -0.39 is 5.97 Å². The van der Waals surface area contributed by atoms with Crippen molar-refractivity contribution < 1.29 is 19.0 Å². The van der Waals surface area contributed by atoms with Crippen LogP contribution in [0.3, 0.4) is 0 Å². The van der Waals surface area contributed by atoms with Crippen LogP contribution in [-0.4, -0.2) is 38.5 Å². The molecule has 0 aromatic heterocycles. The van der Waals surface area contributed by atoms with E-state index in [0.717, 1.165) is 12.8 Å². The molecule has 0 bridgehead atoms. The van der Waals surface area contributed by atoms with Gasteiger partial charge in [-0.25, -0.2) is 4.79 Å². The highest BCUT2D eigenvalue weighted by Crippen LogP contribution is 2.19. The van der Waals surface area contributed by atoms with Crippen molar-refractivity contribution in [2.45, 2.75) is 38.2 Å². The standard InChI is InChI=1S/C15H24O4/c1-3-9-17-12-13(2)15(16)19-11-10-18-14-7-5-4-6-8-14/h3,14H,1-2,4-12H2. The number of hydrogen-bond acceptors (Lipinski definition) is 4. The molecule has 0 radical (unpaired) electrons. The van der Waals surface area contributed by atoms with Crippen LogP contribution in [-0.2, 0) is 19.0 Å². The van der Waals surface area contributed by atoms with Crippen molar-refractivity contribution in [3.63, 3.8) is 0 Å². The van der Waals surface area contributed by atoms with Crippen LogP contribution in [0.25, 0.3) is 0 Å². The fourth-order valence-electron chi connectivity index (χ4n) is 2.01. The fraction of sp³-hybridized carbons (Fsp3) is 0.667. The summed E-state index contributed by atoms with van der Waals surface area (Å²) in [6.45, 7) is 8.44. The molecular formula is C15H24O4. The highest BCUT2D eigenvalue weighted by atomic mass is 16.6. The second kappa shape index (κ2) is 9.75. The largest absolute Gasteiger partial charge is 0.460 e. The van der Waals surface area contributed by atoms with Crippen molar-refractivity contribution in [2.75, 3.05) is 26.4 Å². The minimum absolute atomic E-state index is 0.175. The molecule has 1 aliphatic carbocycles. The molecule has 1 fully saturated rings. The van der Waals surface area contributed by atoms with Crippen LogP contribution in [0.4, 0.5) is 0 Å². The van der Waals surface area contributed by atoms with Crippen LogP contribution < -0.4 is 0 Å². The van der Waals surface area contributed by atoms with E-state index in [-0.39, 0.29) is 13.2 Å². The quantitative estimate of drug-likeness (QED) is 0.279. The van der Waals surface area contributed by atoms with E-state index in [1.807, 2.05) is 0 Å². The van der Waals surface area contributed by atoms with Crippen molar-refractivity contribution in [2.24, 2.45) is 0 Å². The maximum Gasteiger partial charge on any atom is 0.335 e. The molecule has 108 valence electrons.